The van der Waals surface area contributed by atoms with Gasteiger partial charge in [0.25, 0.3) is 5.91 Å². The maximum atomic E-state index is 12.5. The molecule has 4 rings (SSSR count). The van der Waals surface area contributed by atoms with E-state index in [1.807, 2.05) is 4.90 Å². The molecule has 10 nitrogen and oxygen atoms in total. The van der Waals surface area contributed by atoms with E-state index in [0.29, 0.717) is 29.5 Å². The van der Waals surface area contributed by atoms with Crippen LogP contribution in [0.15, 0.2) is 29.4 Å². The molecule has 1 aromatic carbocycles. The molecule has 2 aliphatic rings. The molecule has 2 fully saturated rings. The van der Waals surface area contributed by atoms with Crippen molar-refractivity contribution in [2.45, 2.75) is 36.9 Å². The van der Waals surface area contributed by atoms with Crippen LogP contribution in [0.25, 0.3) is 0 Å². The summed E-state index contributed by atoms with van der Waals surface area (Å²) in [4.78, 5) is 38.7. The molecule has 0 bridgehead atoms. The van der Waals surface area contributed by atoms with Crippen LogP contribution < -0.4 is 10.6 Å². The summed E-state index contributed by atoms with van der Waals surface area (Å²) >= 11 is 1.24. The van der Waals surface area contributed by atoms with Crippen LogP contribution in [0.4, 0.5) is 5.69 Å². The molecule has 0 unspecified atom stereocenters. The zero-order valence-corrected chi connectivity index (χ0v) is 18.1. The summed E-state index contributed by atoms with van der Waals surface area (Å²) in [5, 5.41) is 17.5. The average Bonchev–Trinajstić information content (AvgIpc) is 3.54. The third-order valence-electron chi connectivity index (χ3n) is 5.41. The number of aryl methyl sites for hydroxylation is 1. The Morgan fingerprint density at radius 3 is 2.42 bits per heavy atom. The first-order chi connectivity index (χ1) is 15.0. The van der Waals surface area contributed by atoms with Gasteiger partial charge in [0.1, 0.15) is 0 Å². The van der Waals surface area contributed by atoms with E-state index >= 15 is 0 Å². The second-order valence-corrected chi connectivity index (χ2v) is 8.79. The van der Waals surface area contributed by atoms with Crippen LogP contribution in [0.2, 0.25) is 0 Å². The quantitative estimate of drug-likeness (QED) is 0.614. The number of aromatic nitrogens is 4. The number of carbonyl (C=O) groups is 3. The number of anilines is 1. The van der Waals surface area contributed by atoms with E-state index in [4.69, 9.17) is 0 Å². The van der Waals surface area contributed by atoms with Crippen molar-refractivity contribution >= 4 is 35.2 Å². The topological polar surface area (TPSA) is 122 Å². The van der Waals surface area contributed by atoms with E-state index in [1.54, 1.807) is 31.3 Å². The van der Waals surface area contributed by atoms with Crippen LogP contribution in [-0.4, -0.2) is 67.7 Å². The normalized spacial score (nSPS) is 16.7. The lowest BCUT2D eigenvalue weighted by Crippen LogP contribution is -2.47. The molecule has 164 valence electrons. The summed E-state index contributed by atoms with van der Waals surface area (Å²) in [6, 6.07) is 6.87. The minimum Gasteiger partial charge on any atom is -0.349 e. The Bertz CT molecular complexity index is 950. The maximum absolute atomic E-state index is 12.5. The average molecular weight is 444 g/mol. The standard InChI is InChI=1S/C20H25N7O3S/c1-26-20(23-24-25-26)31-12-17(28)21-15-6-4-13(5-7-15)18(29)22-16-8-10-27(11-9-16)19(30)14-2-3-14/h4-7,14,16H,2-3,8-12H2,1H3,(H,21,28)(H,22,29). The molecule has 1 aliphatic carbocycles. The molecule has 1 aliphatic heterocycles. The number of piperidine rings is 1. The number of amides is 3. The molecule has 1 aromatic heterocycles. The van der Waals surface area contributed by atoms with Gasteiger partial charge in [-0.05, 0) is 60.4 Å². The van der Waals surface area contributed by atoms with Crippen molar-refractivity contribution in [2.75, 3.05) is 24.2 Å². The lowest BCUT2D eigenvalue weighted by Gasteiger charge is -2.32. The van der Waals surface area contributed by atoms with Crippen molar-refractivity contribution in [1.29, 1.82) is 0 Å². The Kier molecular flexibility index (Phi) is 6.50. The summed E-state index contributed by atoms with van der Waals surface area (Å²) in [6.07, 6.45) is 3.59. The van der Waals surface area contributed by atoms with Gasteiger partial charge in [0.15, 0.2) is 0 Å². The van der Waals surface area contributed by atoms with Gasteiger partial charge in [0, 0.05) is 43.3 Å². The van der Waals surface area contributed by atoms with Crippen molar-refractivity contribution in [3.63, 3.8) is 0 Å². The van der Waals surface area contributed by atoms with E-state index in [1.165, 1.54) is 16.4 Å². The van der Waals surface area contributed by atoms with Crippen molar-refractivity contribution in [3.05, 3.63) is 29.8 Å². The van der Waals surface area contributed by atoms with Crippen molar-refractivity contribution in [2.24, 2.45) is 13.0 Å². The predicted octanol–water partition coefficient (Wildman–Crippen LogP) is 1.07. The molecule has 3 amide bonds. The summed E-state index contributed by atoms with van der Waals surface area (Å²) in [5.41, 5.74) is 1.15. The van der Waals surface area contributed by atoms with Crippen LogP contribution >= 0.6 is 11.8 Å². The van der Waals surface area contributed by atoms with Gasteiger partial charge in [0.2, 0.25) is 17.0 Å². The molecule has 2 aromatic rings. The Morgan fingerprint density at radius 2 is 1.81 bits per heavy atom. The molecule has 11 heteroatoms. The number of hydrogen-bond acceptors (Lipinski definition) is 7. The number of tetrazole rings is 1. The van der Waals surface area contributed by atoms with Gasteiger partial charge >= 0.3 is 0 Å². The van der Waals surface area contributed by atoms with Gasteiger partial charge in [0.05, 0.1) is 5.75 Å². The highest BCUT2D eigenvalue weighted by molar-refractivity contribution is 7.99. The Morgan fingerprint density at radius 1 is 1.10 bits per heavy atom. The first kappa shape index (κ1) is 21.3. The third-order valence-corrected chi connectivity index (χ3v) is 6.42. The van der Waals surface area contributed by atoms with E-state index in [2.05, 4.69) is 26.2 Å². The van der Waals surface area contributed by atoms with Crippen LogP contribution in [0.3, 0.4) is 0 Å². The van der Waals surface area contributed by atoms with E-state index in [9.17, 15) is 14.4 Å². The van der Waals surface area contributed by atoms with Crippen LogP contribution in [-0.2, 0) is 16.6 Å². The second kappa shape index (κ2) is 9.46. The van der Waals surface area contributed by atoms with E-state index in [0.717, 1.165) is 25.7 Å². The number of carbonyl (C=O) groups excluding carboxylic acids is 3. The fraction of sp³-hybridized carbons (Fsp3) is 0.500. The van der Waals surface area contributed by atoms with Crippen LogP contribution in [0, 0.1) is 5.92 Å². The third kappa shape index (κ3) is 5.60. The number of nitrogens with zero attached hydrogens (tertiary/aromatic N) is 5. The Hall–Kier alpha value is -2.95. The predicted molar refractivity (Wildman–Crippen MR) is 114 cm³/mol. The Balaban J connectivity index is 1.21. The number of rotatable bonds is 7. The summed E-state index contributed by atoms with van der Waals surface area (Å²) in [5.74, 6) is 0.368. The van der Waals surface area contributed by atoms with Gasteiger partial charge in [-0.15, -0.1) is 5.10 Å². The summed E-state index contributed by atoms with van der Waals surface area (Å²) in [6.45, 7) is 1.40. The van der Waals surface area contributed by atoms with Crippen molar-refractivity contribution in [3.8, 4) is 0 Å². The minimum atomic E-state index is -0.183. The highest BCUT2D eigenvalue weighted by Crippen LogP contribution is 2.31. The SMILES string of the molecule is Cn1nnnc1SCC(=O)Nc1ccc(C(=O)NC2CCN(C(=O)C3CC3)CC2)cc1. The molecular formula is C20H25N7O3S. The largest absolute Gasteiger partial charge is 0.349 e. The number of likely N-dealkylation sites (tertiary alicyclic amines) is 1. The van der Waals surface area contributed by atoms with Gasteiger partial charge in [-0.3, -0.25) is 14.4 Å². The van der Waals surface area contributed by atoms with Gasteiger partial charge < -0.3 is 15.5 Å². The van der Waals surface area contributed by atoms with Gasteiger partial charge in [-0.2, -0.15) is 0 Å². The fourth-order valence-corrected chi connectivity index (χ4v) is 4.13. The number of hydrogen-bond donors (Lipinski definition) is 2. The number of thioether (sulfide) groups is 1. The number of nitrogens with one attached hydrogen (secondary N) is 2. The second-order valence-electron chi connectivity index (χ2n) is 7.85. The lowest BCUT2D eigenvalue weighted by atomic mass is 10.0. The Labute approximate surface area is 184 Å². The highest BCUT2D eigenvalue weighted by atomic mass is 32.2. The van der Waals surface area contributed by atoms with E-state index < -0.39 is 0 Å². The summed E-state index contributed by atoms with van der Waals surface area (Å²) < 4.78 is 1.50. The first-order valence-corrected chi connectivity index (χ1v) is 11.3. The molecule has 0 atom stereocenters. The zero-order chi connectivity index (χ0) is 21.8. The molecule has 0 radical (unpaired) electrons. The van der Waals surface area contributed by atoms with Crippen LogP contribution in [0.5, 0.6) is 0 Å². The fourth-order valence-electron chi connectivity index (χ4n) is 3.48. The van der Waals surface area contributed by atoms with E-state index in [-0.39, 0.29) is 35.4 Å². The number of benzene rings is 1. The molecule has 31 heavy (non-hydrogen) atoms. The summed E-state index contributed by atoms with van der Waals surface area (Å²) in [7, 11) is 1.71. The molecule has 2 N–H and O–H groups in total. The molecule has 1 saturated heterocycles. The molecule has 0 spiro atoms. The molecule has 1 saturated carbocycles. The molecular weight excluding hydrogens is 418 g/mol. The smallest absolute Gasteiger partial charge is 0.251 e. The van der Waals surface area contributed by atoms with Gasteiger partial charge in [-0.25, -0.2) is 4.68 Å². The van der Waals surface area contributed by atoms with Crippen molar-refractivity contribution < 1.29 is 14.4 Å². The first-order valence-electron chi connectivity index (χ1n) is 10.3. The van der Waals surface area contributed by atoms with Crippen LogP contribution in [0.1, 0.15) is 36.0 Å². The minimum absolute atomic E-state index is 0.0715. The lowest BCUT2D eigenvalue weighted by molar-refractivity contribution is -0.133. The highest BCUT2D eigenvalue weighted by Gasteiger charge is 2.35. The monoisotopic (exact) mass is 443 g/mol. The van der Waals surface area contributed by atoms with Crippen molar-refractivity contribution in [1.82, 2.24) is 30.4 Å². The molecule has 2 heterocycles. The van der Waals surface area contributed by atoms with Gasteiger partial charge in [-0.1, -0.05) is 11.8 Å². The maximum Gasteiger partial charge on any atom is 0.251 e. The zero-order valence-electron chi connectivity index (χ0n) is 17.3.